The van der Waals surface area contributed by atoms with Gasteiger partial charge in [0.15, 0.2) is 5.13 Å². The van der Waals surface area contributed by atoms with E-state index in [1.807, 2.05) is 19.1 Å². The molecule has 0 spiro atoms. The number of anilines is 1. The van der Waals surface area contributed by atoms with Gasteiger partial charge in [-0.25, -0.2) is 14.5 Å². The summed E-state index contributed by atoms with van der Waals surface area (Å²) < 4.78 is 35.5. The second-order valence-corrected chi connectivity index (χ2v) is 9.24. The largest absolute Gasteiger partial charge is 0.449 e. The monoisotopic (exact) mass is 467 g/mol. The Kier molecular flexibility index (Phi) is 4.36. The molecule has 138 valence electrons. The lowest BCUT2D eigenvalue weighted by Crippen LogP contribution is -2.42. The van der Waals surface area contributed by atoms with E-state index in [-0.39, 0.29) is 5.13 Å². The van der Waals surface area contributed by atoms with E-state index in [1.54, 1.807) is 30.3 Å². The standard InChI is InChI=1S/C16H11BrN4O4S2/c1-9-2-5-11(6-3-9)21-14(15(22)25-20-21)27(23,24)19-16-18-12-7-4-10(17)8-13(12)26-16/h2-8H,1H3,(H-,18,19,20,22)/p+1. The number of H-pyrrole nitrogens is 1. The van der Waals surface area contributed by atoms with Gasteiger partial charge in [0.25, 0.3) is 0 Å². The highest BCUT2D eigenvalue weighted by Gasteiger charge is 2.37. The van der Waals surface area contributed by atoms with Crippen LogP contribution in [-0.4, -0.2) is 18.7 Å². The second kappa shape index (κ2) is 6.59. The number of nitrogens with zero attached hydrogens (tertiary/aromatic N) is 2. The summed E-state index contributed by atoms with van der Waals surface area (Å²) in [6.45, 7) is 1.90. The van der Waals surface area contributed by atoms with Gasteiger partial charge in [-0.2, -0.15) is 8.42 Å². The normalized spacial score (nSPS) is 11.8. The van der Waals surface area contributed by atoms with Crippen LogP contribution >= 0.6 is 27.3 Å². The Morgan fingerprint density at radius 3 is 2.70 bits per heavy atom. The van der Waals surface area contributed by atoms with Crippen molar-refractivity contribution in [2.24, 2.45) is 0 Å². The van der Waals surface area contributed by atoms with Gasteiger partial charge in [0, 0.05) is 16.6 Å². The number of thiazole rings is 1. The highest BCUT2D eigenvalue weighted by atomic mass is 79.9. The third-order valence-electron chi connectivity index (χ3n) is 3.73. The van der Waals surface area contributed by atoms with Crippen molar-refractivity contribution in [3.8, 4) is 5.69 Å². The molecule has 0 unspecified atom stereocenters. The molecule has 0 aliphatic rings. The third kappa shape index (κ3) is 3.40. The molecule has 8 nitrogen and oxygen atoms in total. The van der Waals surface area contributed by atoms with Crippen molar-refractivity contribution in [1.29, 1.82) is 0 Å². The molecular formula is C16H12BrN4O4S2+. The molecule has 0 fully saturated rings. The first-order chi connectivity index (χ1) is 12.8. The average molecular weight is 468 g/mol. The van der Waals surface area contributed by atoms with E-state index in [0.717, 1.165) is 30.8 Å². The van der Waals surface area contributed by atoms with Gasteiger partial charge < -0.3 is 0 Å². The number of fused-ring (bicyclic) bond motifs is 1. The summed E-state index contributed by atoms with van der Waals surface area (Å²) in [6, 6.07) is 12.4. The van der Waals surface area contributed by atoms with Crippen LogP contribution in [0.15, 0.2) is 61.3 Å². The first-order valence-electron chi connectivity index (χ1n) is 7.63. The highest BCUT2D eigenvalue weighted by Crippen LogP contribution is 2.29. The van der Waals surface area contributed by atoms with Gasteiger partial charge in [0.1, 0.15) is 0 Å². The summed E-state index contributed by atoms with van der Waals surface area (Å²) in [5.41, 5.74) is 1.08. The third-order valence-corrected chi connectivity index (χ3v) is 6.60. The average Bonchev–Trinajstić information content (AvgIpc) is 3.18. The summed E-state index contributed by atoms with van der Waals surface area (Å²) in [5.74, 6) is 0. The molecule has 0 atom stereocenters. The van der Waals surface area contributed by atoms with Gasteiger partial charge in [0.2, 0.25) is 5.69 Å². The number of hydrogen-bond acceptors (Lipinski definition) is 6. The van der Waals surface area contributed by atoms with Crippen LogP contribution in [0.4, 0.5) is 5.13 Å². The van der Waals surface area contributed by atoms with Gasteiger partial charge in [0.05, 0.1) is 10.2 Å². The number of rotatable bonds is 4. The van der Waals surface area contributed by atoms with Crippen LogP contribution in [0.1, 0.15) is 5.56 Å². The Bertz CT molecular complexity index is 1310. The molecule has 2 aromatic carbocycles. The lowest BCUT2D eigenvalue weighted by atomic mass is 10.2. The second-order valence-electron chi connectivity index (χ2n) is 5.69. The number of benzene rings is 2. The molecule has 0 amide bonds. The molecule has 0 radical (unpaired) electrons. The number of nitrogens with one attached hydrogen (secondary N) is 2. The van der Waals surface area contributed by atoms with E-state index in [1.165, 1.54) is 0 Å². The summed E-state index contributed by atoms with van der Waals surface area (Å²) in [7, 11) is -4.24. The summed E-state index contributed by atoms with van der Waals surface area (Å²) in [4.78, 5) is 16.3. The van der Waals surface area contributed by atoms with E-state index in [4.69, 9.17) is 4.52 Å². The fourth-order valence-electron chi connectivity index (χ4n) is 2.46. The Morgan fingerprint density at radius 1 is 1.22 bits per heavy atom. The topological polar surface area (TPSA) is 109 Å². The van der Waals surface area contributed by atoms with E-state index in [9.17, 15) is 13.2 Å². The lowest BCUT2D eigenvalue weighted by molar-refractivity contribution is -0.705. The van der Waals surface area contributed by atoms with Crippen LogP contribution in [0, 0.1) is 6.92 Å². The molecule has 11 heteroatoms. The van der Waals surface area contributed by atoms with Crippen molar-refractivity contribution < 1.29 is 17.6 Å². The van der Waals surface area contributed by atoms with Crippen molar-refractivity contribution in [3.05, 3.63) is 62.9 Å². The van der Waals surface area contributed by atoms with E-state index >= 15 is 0 Å². The van der Waals surface area contributed by atoms with Crippen LogP contribution in [0.5, 0.6) is 0 Å². The molecule has 2 N–H and O–H groups in total. The fourth-order valence-corrected chi connectivity index (χ4v) is 5.24. The van der Waals surface area contributed by atoms with E-state index < -0.39 is 20.7 Å². The molecule has 2 aromatic heterocycles. The Balaban J connectivity index is 1.76. The van der Waals surface area contributed by atoms with Gasteiger partial charge in [-0.05, 0) is 35.1 Å². The van der Waals surface area contributed by atoms with Gasteiger partial charge in [-0.1, -0.05) is 45.0 Å². The zero-order chi connectivity index (χ0) is 19.2. The minimum atomic E-state index is -4.24. The number of halogens is 1. The number of aryl methyl sites for hydroxylation is 1. The maximum absolute atomic E-state index is 12.8. The van der Waals surface area contributed by atoms with E-state index in [2.05, 4.69) is 30.9 Å². The summed E-state index contributed by atoms with van der Waals surface area (Å²) in [6.07, 6.45) is 0. The first kappa shape index (κ1) is 17.9. The molecular weight excluding hydrogens is 456 g/mol. The van der Waals surface area contributed by atoms with Crippen LogP contribution in [0.3, 0.4) is 0 Å². The van der Waals surface area contributed by atoms with Crippen molar-refractivity contribution in [2.45, 2.75) is 11.9 Å². The fraction of sp³-hybridized carbons (Fsp3) is 0.0625. The summed E-state index contributed by atoms with van der Waals surface area (Å²) in [5, 5.41) is 1.91. The zero-order valence-corrected chi connectivity index (χ0v) is 17.0. The molecule has 0 aliphatic heterocycles. The van der Waals surface area contributed by atoms with Crippen molar-refractivity contribution in [1.82, 2.24) is 10.3 Å². The van der Waals surface area contributed by atoms with Crippen LogP contribution in [0.25, 0.3) is 15.9 Å². The molecule has 2 heterocycles. The van der Waals surface area contributed by atoms with Crippen LogP contribution in [0.2, 0.25) is 0 Å². The Morgan fingerprint density at radius 2 is 1.96 bits per heavy atom. The molecule has 27 heavy (non-hydrogen) atoms. The predicted octanol–water partition coefficient (Wildman–Crippen LogP) is 2.73. The molecule has 0 bridgehead atoms. The van der Waals surface area contributed by atoms with Crippen molar-refractivity contribution in [2.75, 3.05) is 4.72 Å². The maximum Gasteiger partial charge on any atom is 0.449 e. The van der Waals surface area contributed by atoms with Crippen LogP contribution in [-0.2, 0) is 10.0 Å². The SMILES string of the molecule is Cc1ccc(-[n+]2[nH]oc(=O)c2S(=O)(=O)Nc2nc3ccc(Br)cc3s2)cc1. The predicted molar refractivity (Wildman–Crippen MR) is 104 cm³/mol. The first-order valence-corrected chi connectivity index (χ1v) is 10.7. The number of hydrogen-bond donors (Lipinski definition) is 2. The molecule has 0 saturated heterocycles. The Hall–Kier alpha value is -2.50. The van der Waals surface area contributed by atoms with Gasteiger partial charge in [-0.15, -0.1) is 0 Å². The van der Waals surface area contributed by atoms with E-state index in [0.29, 0.717) is 11.2 Å². The molecule has 0 aliphatic carbocycles. The Labute approximate surface area is 165 Å². The van der Waals surface area contributed by atoms with Crippen LogP contribution < -0.4 is 15.0 Å². The minimum absolute atomic E-state index is 0.152. The highest BCUT2D eigenvalue weighted by molar-refractivity contribution is 9.10. The zero-order valence-electron chi connectivity index (χ0n) is 13.8. The van der Waals surface area contributed by atoms with Gasteiger partial charge in [-0.3, -0.25) is 4.52 Å². The molecule has 4 aromatic rings. The van der Waals surface area contributed by atoms with Crippen molar-refractivity contribution >= 4 is 52.6 Å². The van der Waals surface area contributed by atoms with Gasteiger partial charge >= 0.3 is 20.7 Å². The number of aromatic nitrogens is 3. The quantitative estimate of drug-likeness (QED) is 0.448. The number of aromatic amines is 1. The molecule has 4 rings (SSSR count). The lowest BCUT2D eigenvalue weighted by Gasteiger charge is -1.99. The molecule has 0 saturated carbocycles. The number of sulfonamides is 1. The minimum Gasteiger partial charge on any atom is -0.281 e. The smallest absolute Gasteiger partial charge is 0.281 e. The summed E-state index contributed by atoms with van der Waals surface area (Å²) >= 11 is 4.53. The maximum atomic E-state index is 12.8. The van der Waals surface area contributed by atoms with Crippen molar-refractivity contribution in [3.63, 3.8) is 0 Å².